The summed E-state index contributed by atoms with van der Waals surface area (Å²) in [5.41, 5.74) is 0. The highest BCUT2D eigenvalue weighted by molar-refractivity contribution is 4.96. The summed E-state index contributed by atoms with van der Waals surface area (Å²) < 4.78 is 16.2. The smallest absolute Gasteiger partial charge is 0.0986 e. The molecular weight excluding hydrogens is 206 g/mol. The first-order valence-electron chi connectivity index (χ1n) is 6.20. The molecule has 1 aliphatic rings. The van der Waals surface area contributed by atoms with Gasteiger partial charge in [0.25, 0.3) is 0 Å². The number of methoxy groups -OCH3 is 2. The molecule has 0 spiro atoms. The second kappa shape index (κ2) is 8.01. The van der Waals surface area contributed by atoms with Crippen LogP contribution in [0.15, 0.2) is 0 Å². The van der Waals surface area contributed by atoms with Crippen LogP contribution in [0.2, 0.25) is 0 Å². The number of ether oxygens (including phenoxy) is 3. The molecule has 1 fully saturated rings. The maximum Gasteiger partial charge on any atom is 0.0986 e. The summed E-state index contributed by atoms with van der Waals surface area (Å²) in [5.74, 6) is 0. The van der Waals surface area contributed by atoms with Crippen molar-refractivity contribution in [3.63, 3.8) is 0 Å². The van der Waals surface area contributed by atoms with Crippen LogP contribution in [0.3, 0.4) is 0 Å². The van der Waals surface area contributed by atoms with Crippen molar-refractivity contribution in [2.45, 2.75) is 44.4 Å². The second-order valence-electron chi connectivity index (χ2n) is 4.25. The first-order valence-corrected chi connectivity index (χ1v) is 6.20. The van der Waals surface area contributed by atoms with E-state index < -0.39 is 0 Å². The van der Waals surface area contributed by atoms with Crippen molar-refractivity contribution >= 4 is 0 Å². The van der Waals surface area contributed by atoms with Crippen molar-refractivity contribution in [3.8, 4) is 0 Å². The first kappa shape index (κ1) is 13.9. The lowest BCUT2D eigenvalue weighted by Gasteiger charge is -2.43. The second-order valence-corrected chi connectivity index (χ2v) is 4.25. The molecule has 0 aromatic carbocycles. The van der Waals surface area contributed by atoms with Crippen LogP contribution < -0.4 is 5.32 Å². The normalized spacial score (nSPS) is 29.1. The van der Waals surface area contributed by atoms with Crippen molar-refractivity contribution in [2.75, 3.05) is 34.0 Å². The molecule has 4 heteroatoms. The summed E-state index contributed by atoms with van der Waals surface area (Å²) in [4.78, 5) is 0. The van der Waals surface area contributed by atoms with Gasteiger partial charge in [0, 0.05) is 33.5 Å². The lowest BCUT2D eigenvalue weighted by Crippen LogP contribution is -2.59. The van der Waals surface area contributed by atoms with Gasteiger partial charge in [-0.2, -0.15) is 0 Å². The largest absolute Gasteiger partial charge is 0.385 e. The van der Waals surface area contributed by atoms with Crippen LogP contribution in [-0.4, -0.2) is 52.2 Å². The van der Waals surface area contributed by atoms with E-state index in [1.807, 2.05) is 0 Å². The average molecular weight is 231 g/mol. The fraction of sp³-hybridized carbons (Fsp3) is 1.00. The molecule has 0 aromatic rings. The summed E-state index contributed by atoms with van der Waals surface area (Å²) in [6.45, 7) is 4.76. The zero-order valence-corrected chi connectivity index (χ0v) is 10.7. The zero-order chi connectivity index (χ0) is 11.8. The Morgan fingerprint density at radius 3 is 2.69 bits per heavy atom. The number of hydrogen-bond donors (Lipinski definition) is 1. The highest BCUT2D eigenvalue weighted by Crippen LogP contribution is 2.26. The maximum absolute atomic E-state index is 5.75. The van der Waals surface area contributed by atoms with E-state index in [2.05, 4.69) is 12.2 Å². The van der Waals surface area contributed by atoms with Gasteiger partial charge >= 0.3 is 0 Å². The minimum absolute atomic E-state index is 0.217. The minimum Gasteiger partial charge on any atom is -0.385 e. The fourth-order valence-electron chi connectivity index (χ4n) is 2.03. The summed E-state index contributed by atoms with van der Waals surface area (Å²) in [7, 11) is 3.47. The molecule has 1 N–H and O–H groups in total. The highest BCUT2D eigenvalue weighted by atomic mass is 16.5. The predicted octanol–water partition coefficient (Wildman–Crippen LogP) is 1.19. The van der Waals surface area contributed by atoms with Crippen LogP contribution in [0.4, 0.5) is 0 Å². The lowest BCUT2D eigenvalue weighted by atomic mass is 9.85. The Labute approximate surface area is 98.6 Å². The molecule has 0 heterocycles. The van der Waals surface area contributed by atoms with E-state index in [1.165, 1.54) is 0 Å². The molecule has 1 rings (SSSR count). The Kier molecular flexibility index (Phi) is 6.96. The van der Waals surface area contributed by atoms with E-state index in [0.29, 0.717) is 6.04 Å². The molecule has 96 valence electrons. The van der Waals surface area contributed by atoms with Crippen LogP contribution in [-0.2, 0) is 14.2 Å². The molecule has 4 nitrogen and oxygen atoms in total. The van der Waals surface area contributed by atoms with E-state index in [9.17, 15) is 0 Å². The van der Waals surface area contributed by atoms with Gasteiger partial charge in [0.2, 0.25) is 0 Å². The lowest BCUT2D eigenvalue weighted by molar-refractivity contribution is -0.135. The molecule has 3 atom stereocenters. The van der Waals surface area contributed by atoms with Gasteiger partial charge in [-0.25, -0.2) is 0 Å². The Morgan fingerprint density at radius 1 is 1.25 bits per heavy atom. The van der Waals surface area contributed by atoms with Crippen molar-refractivity contribution in [2.24, 2.45) is 0 Å². The summed E-state index contributed by atoms with van der Waals surface area (Å²) >= 11 is 0. The van der Waals surface area contributed by atoms with Gasteiger partial charge in [-0.15, -0.1) is 0 Å². The van der Waals surface area contributed by atoms with E-state index in [-0.39, 0.29) is 12.2 Å². The monoisotopic (exact) mass is 231 g/mol. The standard InChI is InChI=1S/C12H25NO3/c1-4-6-13-10-9-11(12(10)15-3)16-8-5-7-14-2/h10-13H,4-9H2,1-3H3. The Hall–Kier alpha value is -0.160. The van der Waals surface area contributed by atoms with E-state index in [0.717, 1.165) is 39.0 Å². The molecule has 0 amide bonds. The molecule has 0 aliphatic heterocycles. The minimum atomic E-state index is 0.217. The van der Waals surface area contributed by atoms with Gasteiger partial charge in [0.1, 0.15) is 0 Å². The third-order valence-electron chi connectivity index (χ3n) is 3.00. The van der Waals surface area contributed by atoms with E-state index in [4.69, 9.17) is 14.2 Å². The summed E-state index contributed by atoms with van der Waals surface area (Å²) in [6, 6.07) is 0.470. The van der Waals surface area contributed by atoms with Crippen molar-refractivity contribution in [1.29, 1.82) is 0 Å². The van der Waals surface area contributed by atoms with Gasteiger partial charge in [-0.05, 0) is 25.8 Å². The molecule has 0 saturated heterocycles. The van der Waals surface area contributed by atoms with Crippen molar-refractivity contribution in [3.05, 3.63) is 0 Å². The molecule has 0 aromatic heterocycles. The summed E-state index contributed by atoms with van der Waals surface area (Å²) in [5, 5.41) is 3.47. The number of rotatable bonds is 9. The van der Waals surface area contributed by atoms with Crippen LogP contribution in [0.1, 0.15) is 26.2 Å². The van der Waals surface area contributed by atoms with Crippen LogP contribution in [0, 0.1) is 0 Å². The molecule has 1 aliphatic carbocycles. The van der Waals surface area contributed by atoms with Gasteiger partial charge in [0.05, 0.1) is 12.2 Å². The van der Waals surface area contributed by atoms with Crippen LogP contribution in [0.5, 0.6) is 0 Å². The molecule has 3 unspecified atom stereocenters. The quantitative estimate of drug-likeness (QED) is 0.605. The first-order chi connectivity index (χ1) is 7.83. The van der Waals surface area contributed by atoms with Crippen molar-refractivity contribution in [1.82, 2.24) is 5.32 Å². The molecule has 0 bridgehead atoms. The SMILES string of the molecule is CCCNC1CC(OCCCOC)C1OC. The molecule has 16 heavy (non-hydrogen) atoms. The van der Waals surface area contributed by atoms with E-state index >= 15 is 0 Å². The predicted molar refractivity (Wildman–Crippen MR) is 63.7 cm³/mol. The van der Waals surface area contributed by atoms with Crippen LogP contribution in [0.25, 0.3) is 0 Å². The van der Waals surface area contributed by atoms with Gasteiger partial charge in [0.15, 0.2) is 0 Å². The summed E-state index contributed by atoms with van der Waals surface area (Å²) in [6.07, 6.45) is 3.65. The molecule has 0 radical (unpaired) electrons. The zero-order valence-electron chi connectivity index (χ0n) is 10.7. The third kappa shape index (κ3) is 4.01. The number of nitrogens with one attached hydrogen (secondary N) is 1. The average Bonchev–Trinajstić information content (AvgIpc) is 2.27. The Bertz CT molecular complexity index is 176. The van der Waals surface area contributed by atoms with Gasteiger partial charge < -0.3 is 19.5 Å². The van der Waals surface area contributed by atoms with E-state index in [1.54, 1.807) is 14.2 Å². The van der Waals surface area contributed by atoms with Gasteiger partial charge in [-0.3, -0.25) is 0 Å². The molecule has 1 saturated carbocycles. The fourth-order valence-corrected chi connectivity index (χ4v) is 2.03. The number of hydrogen-bond acceptors (Lipinski definition) is 4. The highest BCUT2D eigenvalue weighted by Gasteiger charge is 2.41. The van der Waals surface area contributed by atoms with Gasteiger partial charge in [-0.1, -0.05) is 6.92 Å². The Balaban J connectivity index is 2.10. The van der Waals surface area contributed by atoms with Crippen LogP contribution >= 0.6 is 0 Å². The topological polar surface area (TPSA) is 39.7 Å². The Morgan fingerprint density at radius 2 is 2.06 bits per heavy atom. The molecular formula is C12H25NO3. The van der Waals surface area contributed by atoms with Crippen molar-refractivity contribution < 1.29 is 14.2 Å². The third-order valence-corrected chi connectivity index (χ3v) is 3.00. The maximum atomic E-state index is 5.75.